The van der Waals surface area contributed by atoms with Crippen molar-refractivity contribution in [1.29, 1.82) is 0 Å². The van der Waals surface area contributed by atoms with E-state index in [4.69, 9.17) is 23.2 Å². The van der Waals surface area contributed by atoms with Crippen LogP contribution in [-0.2, 0) is 15.0 Å². The van der Waals surface area contributed by atoms with E-state index in [0.29, 0.717) is 32.4 Å². The van der Waals surface area contributed by atoms with Gasteiger partial charge in [0.15, 0.2) is 0 Å². The summed E-state index contributed by atoms with van der Waals surface area (Å²) in [6.45, 7) is 1.86. The molecule has 5 rings (SSSR count). The van der Waals surface area contributed by atoms with Crippen molar-refractivity contribution in [2.24, 2.45) is 0 Å². The minimum absolute atomic E-state index is 0.0385. The number of hydrogen-bond acceptors (Lipinski definition) is 2. The number of carbonyl (C=O) groups is 2. The number of halogens is 3. The van der Waals surface area contributed by atoms with Gasteiger partial charge in [0.2, 0.25) is 11.8 Å². The van der Waals surface area contributed by atoms with Gasteiger partial charge in [-0.1, -0.05) is 47.5 Å². The number of hydrogen-bond donors (Lipinski definition) is 2. The third kappa shape index (κ3) is 3.11. The Kier molecular flexibility index (Phi) is 4.99. The number of nitrogens with one attached hydrogen (secondary N) is 2. The van der Waals surface area contributed by atoms with Crippen LogP contribution in [0.25, 0.3) is 0 Å². The van der Waals surface area contributed by atoms with Crippen molar-refractivity contribution >= 4 is 40.7 Å². The van der Waals surface area contributed by atoms with Crippen LogP contribution in [0.15, 0.2) is 60.7 Å². The summed E-state index contributed by atoms with van der Waals surface area (Å²) in [6, 6.07) is 16.1. The van der Waals surface area contributed by atoms with Gasteiger partial charge in [0.1, 0.15) is 11.2 Å². The van der Waals surface area contributed by atoms with Crippen molar-refractivity contribution in [3.8, 4) is 0 Å². The van der Waals surface area contributed by atoms with Gasteiger partial charge in [-0.2, -0.15) is 0 Å². The number of fused-ring (bicyclic) bond motifs is 2. The SMILES string of the molecule is Cc1ccc(F)cc1[C@H]1CC(=O)N[C@@H](c2cccc(Cl)c2)[C@]12C(=O)Nc1cc(Cl)ccc12. The summed E-state index contributed by atoms with van der Waals surface area (Å²) < 4.78 is 14.4. The van der Waals surface area contributed by atoms with Crippen molar-refractivity contribution in [1.82, 2.24) is 5.32 Å². The molecule has 0 aliphatic carbocycles. The van der Waals surface area contributed by atoms with E-state index < -0.39 is 23.2 Å². The van der Waals surface area contributed by atoms with Crippen molar-refractivity contribution in [2.75, 3.05) is 5.32 Å². The summed E-state index contributed by atoms with van der Waals surface area (Å²) >= 11 is 12.5. The zero-order valence-corrected chi connectivity index (χ0v) is 18.6. The largest absolute Gasteiger partial charge is 0.348 e. The molecule has 3 atom stereocenters. The van der Waals surface area contributed by atoms with Crippen molar-refractivity contribution in [2.45, 2.75) is 30.7 Å². The van der Waals surface area contributed by atoms with Gasteiger partial charge in [0, 0.05) is 28.1 Å². The number of amides is 2. The third-order valence-electron chi connectivity index (χ3n) is 6.55. The molecule has 1 spiro atoms. The summed E-state index contributed by atoms with van der Waals surface area (Å²) in [5.41, 5.74) is 2.23. The lowest BCUT2D eigenvalue weighted by atomic mass is 9.59. The fourth-order valence-electron chi connectivity index (χ4n) is 5.22. The zero-order chi connectivity index (χ0) is 22.6. The van der Waals surface area contributed by atoms with Gasteiger partial charge >= 0.3 is 0 Å². The van der Waals surface area contributed by atoms with Crippen LogP contribution in [-0.4, -0.2) is 11.8 Å². The van der Waals surface area contributed by atoms with Gasteiger partial charge in [0.05, 0.1) is 6.04 Å². The maximum atomic E-state index is 14.4. The van der Waals surface area contributed by atoms with Gasteiger partial charge in [-0.05, 0) is 65.6 Å². The molecule has 0 saturated carbocycles. The number of rotatable bonds is 2. The van der Waals surface area contributed by atoms with E-state index >= 15 is 0 Å². The fraction of sp³-hybridized carbons (Fsp3) is 0.200. The quantitative estimate of drug-likeness (QED) is 0.508. The molecule has 0 aromatic heterocycles. The molecule has 2 aliphatic rings. The van der Waals surface area contributed by atoms with E-state index in [0.717, 1.165) is 5.56 Å². The molecular weight excluding hydrogens is 450 g/mol. The Labute approximate surface area is 194 Å². The normalized spacial score (nSPS) is 24.2. The molecule has 4 nitrogen and oxygen atoms in total. The Bertz CT molecular complexity index is 1280. The topological polar surface area (TPSA) is 58.2 Å². The van der Waals surface area contributed by atoms with Crippen LogP contribution in [0.1, 0.15) is 40.6 Å². The van der Waals surface area contributed by atoms with E-state index in [1.807, 2.05) is 19.1 Å². The van der Waals surface area contributed by atoms with Crippen LogP contribution in [0.3, 0.4) is 0 Å². The van der Waals surface area contributed by atoms with Gasteiger partial charge in [-0.3, -0.25) is 9.59 Å². The minimum Gasteiger partial charge on any atom is -0.348 e. The third-order valence-corrected chi connectivity index (χ3v) is 7.02. The molecule has 0 unspecified atom stereocenters. The summed E-state index contributed by atoms with van der Waals surface area (Å²) in [4.78, 5) is 26.8. The molecule has 2 amide bonds. The molecule has 7 heteroatoms. The first-order chi connectivity index (χ1) is 15.3. The second kappa shape index (κ2) is 7.61. The van der Waals surface area contributed by atoms with Crippen LogP contribution < -0.4 is 10.6 Å². The second-order valence-corrected chi connectivity index (χ2v) is 9.20. The molecule has 2 aliphatic heterocycles. The van der Waals surface area contributed by atoms with Crippen LogP contribution in [0.4, 0.5) is 10.1 Å². The number of aryl methyl sites for hydroxylation is 1. The van der Waals surface area contributed by atoms with E-state index in [9.17, 15) is 14.0 Å². The molecule has 0 bridgehead atoms. The molecule has 1 saturated heterocycles. The lowest BCUT2D eigenvalue weighted by Crippen LogP contribution is -2.57. The first-order valence-electron chi connectivity index (χ1n) is 10.2. The smallest absolute Gasteiger partial charge is 0.238 e. The van der Waals surface area contributed by atoms with E-state index in [1.54, 1.807) is 36.4 Å². The van der Waals surface area contributed by atoms with Gasteiger partial charge in [-0.15, -0.1) is 0 Å². The average Bonchev–Trinajstić information content (AvgIpc) is 3.02. The van der Waals surface area contributed by atoms with Gasteiger partial charge in [-0.25, -0.2) is 4.39 Å². The van der Waals surface area contributed by atoms with Crippen molar-refractivity contribution in [3.63, 3.8) is 0 Å². The number of anilines is 1. The molecule has 2 N–H and O–H groups in total. The summed E-state index contributed by atoms with van der Waals surface area (Å²) in [5, 5.41) is 6.96. The van der Waals surface area contributed by atoms with Gasteiger partial charge < -0.3 is 10.6 Å². The fourth-order valence-corrected chi connectivity index (χ4v) is 5.59. The van der Waals surface area contributed by atoms with E-state index in [2.05, 4.69) is 10.6 Å². The Hall–Kier alpha value is -2.89. The Morgan fingerprint density at radius 2 is 1.78 bits per heavy atom. The number of benzene rings is 3. The Morgan fingerprint density at radius 1 is 1.00 bits per heavy atom. The summed E-state index contributed by atoms with van der Waals surface area (Å²) in [6.07, 6.45) is 0.0385. The zero-order valence-electron chi connectivity index (χ0n) is 17.1. The summed E-state index contributed by atoms with van der Waals surface area (Å²) in [7, 11) is 0. The highest BCUT2D eigenvalue weighted by molar-refractivity contribution is 6.31. The first-order valence-corrected chi connectivity index (χ1v) is 11.0. The molecule has 1 fully saturated rings. The van der Waals surface area contributed by atoms with Crippen LogP contribution in [0, 0.1) is 12.7 Å². The lowest BCUT2D eigenvalue weighted by molar-refractivity contribution is -0.131. The molecule has 162 valence electrons. The maximum Gasteiger partial charge on any atom is 0.238 e. The second-order valence-electron chi connectivity index (χ2n) is 8.33. The Morgan fingerprint density at radius 3 is 2.56 bits per heavy atom. The van der Waals surface area contributed by atoms with Crippen LogP contribution in [0.2, 0.25) is 10.0 Å². The van der Waals surface area contributed by atoms with Gasteiger partial charge in [0.25, 0.3) is 0 Å². The average molecular weight is 469 g/mol. The molecule has 3 aromatic rings. The summed E-state index contributed by atoms with van der Waals surface area (Å²) in [5.74, 6) is -1.50. The predicted molar refractivity (Wildman–Crippen MR) is 123 cm³/mol. The highest BCUT2D eigenvalue weighted by Gasteiger charge is 2.61. The first kappa shape index (κ1) is 21.0. The molecular formula is C25H19Cl2FN2O2. The van der Waals surface area contributed by atoms with Crippen molar-refractivity contribution < 1.29 is 14.0 Å². The lowest BCUT2D eigenvalue weighted by Gasteiger charge is -2.46. The predicted octanol–water partition coefficient (Wildman–Crippen LogP) is 5.68. The highest BCUT2D eigenvalue weighted by Crippen LogP contribution is 2.58. The number of piperidine rings is 1. The van der Waals surface area contributed by atoms with E-state index in [1.165, 1.54) is 12.1 Å². The standard InChI is InChI=1S/C25H19Cl2FN2O2/c1-13-5-7-17(28)11-18(13)20-12-22(31)30-23(14-3-2-4-15(26)9-14)25(20)19-8-6-16(27)10-21(19)29-24(25)32/h2-11,20,23H,12H2,1H3,(H,29,32)(H,30,31)/t20-,23+,25-/m1/s1. The molecule has 3 aromatic carbocycles. The highest BCUT2D eigenvalue weighted by atomic mass is 35.5. The minimum atomic E-state index is -1.21. The van der Waals surface area contributed by atoms with Crippen LogP contribution >= 0.6 is 23.2 Å². The molecule has 0 radical (unpaired) electrons. The number of carbonyl (C=O) groups excluding carboxylic acids is 2. The van der Waals surface area contributed by atoms with Crippen LogP contribution in [0.5, 0.6) is 0 Å². The molecule has 32 heavy (non-hydrogen) atoms. The molecule has 2 heterocycles. The monoisotopic (exact) mass is 468 g/mol. The maximum absolute atomic E-state index is 14.4. The van der Waals surface area contributed by atoms with Crippen molar-refractivity contribution in [3.05, 3.63) is 98.8 Å². The van der Waals surface area contributed by atoms with E-state index in [-0.39, 0.29) is 18.2 Å². The Balaban J connectivity index is 1.83.